The number of nitrogens with one attached hydrogen (secondary N) is 2. The third-order valence-corrected chi connectivity index (χ3v) is 6.37. The van der Waals surface area contributed by atoms with Crippen LogP contribution in [0.4, 0.5) is 0 Å². The molecule has 0 spiro atoms. The second kappa shape index (κ2) is 5.64. The maximum Gasteiger partial charge on any atom is 0.153 e. The molecule has 3 aliphatic rings. The Morgan fingerprint density at radius 2 is 2.04 bits per heavy atom. The van der Waals surface area contributed by atoms with Crippen molar-refractivity contribution in [2.45, 2.75) is 44.1 Å². The van der Waals surface area contributed by atoms with Crippen molar-refractivity contribution in [3.05, 3.63) is 41.7 Å². The van der Waals surface area contributed by atoms with E-state index in [1.54, 1.807) is 6.33 Å². The van der Waals surface area contributed by atoms with Crippen LogP contribution in [-0.4, -0.2) is 43.1 Å². The summed E-state index contributed by atoms with van der Waals surface area (Å²) < 4.78 is 0. The van der Waals surface area contributed by atoms with Gasteiger partial charge in [0.25, 0.3) is 0 Å². The molecule has 6 nitrogen and oxygen atoms in total. The molecule has 1 aromatic carbocycles. The Morgan fingerprint density at radius 1 is 1.12 bits per heavy atom. The van der Waals surface area contributed by atoms with Crippen molar-refractivity contribution in [3.63, 3.8) is 0 Å². The largest absolute Gasteiger partial charge is 0.345 e. The minimum absolute atomic E-state index is 0.512. The number of rotatable bonds is 5. The zero-order chi connectivity index (χ0) is 17.1. The Kier molecular flexibility index (Phi) is 3.24. The summed E-state index contributed by atoms with van der Waals surface area (Å²) in [5, 5.41) is 7.79. The SMILES string of the molecule is c1nc2ccc(CN3C[C@H](c4nc(C5CC5)n[nH]4)[C@@H](C4CC4)C3)cc2[nH]1. The molecule has 3 aromatic rings. The smallest absolute Gasteiger partial charge is 0.153 e. The van der Waals surface area contributed by atoms with Gasteiger partial charge in [-0.15, -0.1) is 0 Å². The lowest BCUT2D eigenvalue weighted by molar-refractivity contribution is 0.310. The van der Waals surface area contributed by atoms with Crippen LogP contribution in [0.3, 0.4) is 0 Å². The van der Waals surface area contributed by atoms with E-state index < -0.39 is 0 Å². The van der Waals surface area contributed by atoms with Crippen LogP contribution < -0.4 is 0 Å². The Labute approximate surface area is 152 Å². The minimum Gasteiger partial charge on any atom is -0.345 e. The first-order valence-electron chi connectivity index (χ1n) is 9.90. The maximum atomic E-state index is 4.88. The average Bonchev–Trinajstić information content (AvgIpc) is 3.54. The lowest BCUT2D eigenvalue weighted by Crippen LogP contribution is -2.20. The summed E-state index contributed by atoms with van der Waals surface area (Å²) in [5.41, 5.74) is 3.52. The molecule has 0 unspecified atom stereocenters. The third kappa shape index (κ3) is 2.63. The van der Waals surface area contributed by atoms with Crippen LogP contribution in [0.5, 0.6) is 0 Å². The first kappa shape index (κ1) is 14.9. The van der Waals surface area contributed by atoms with E-state index in [1.165, 1.54) is 37.8 Å². The average molecular weight is 348 g/mol. The minimum atomic E-state index is 0.512. The number of imidazole rings is 1. The summed E-state index contributed by atoms with van der Waals surface area (Å²) in [4.78, 5) is 15.0. The van der Waals surface area contributed by atoms with E-state index >= 15 is 0 Å². The van der Waals surface area contributed by atoms with Gasteiger partial charge in [-0.05, 0) is 55.2 Å². The number of aromatic amines is 2. The van der Waals surface area contributed by atoms with E-state index in [0.717, 1.165) is 47.6 Å². The zero-order valence-electron chi connectivity index (χ0n) is 14.9. The van der Waals surface area contributed by atoms with Crippen molar-refractivity contribution in [3.8, 4) is 0 Å². The highest BCUT2D eigenvalue weighted by Gasteiger charge is 2.44. The van der Waals surface area contributed by atoms with Gasteiger partial charge in [-0.25, -0.2) is 9.97 Å². The van der Waals surface area contributed by atoms with Crippen molar-refractivity contribution >= 4 is 11.0 Å². The van der Waals surface area contributed by atoms with Crippen molar-refractivity contribution < 1.29 is 0 Å². The van der Waals surface area contributed by atoms with E-state index in [2.05, 4.69) is 43.3 Å². The Balaban J connectivity index is 1.22. The number of likely N-dealkylation sites (tertiary alicyclic amines) is 1. The summed E-state index contributed by atoms with van der Waals surface area (Å²) in [6.07, 6.45) is 7.06. The quantitative estimate of drug-likeness (QED) is 0.743. The second-order valence-electron chi connectivity index (χ2n) is 8.41. The fraction of sp³-hybridized carbons (Fsp3) is 0.550. The van der Waals surface area contributed by atoms with Gasteiger partial charge in [0.2, 0.25) is 0 Å². The standard InChI is InChI=1S/C20H24N6/c1-6-17-18(22-11-21-17)7-12(1)8-26-9-15(13-2-3-13)16(10-26)20-23-19(24-25-20)14-4-5-14/h1,6-7,11,13-16H,2-5,8-10H2,(H,21,22)(H,23,24,25)/t15-,16+/m1/s1. The van der Waals surface area contributed by atoms with Gasteiger partial charge in [-0.3, -0.25) is 10.00 Å². The first-order valence-corrected chi connectivity index (χ1v) is 9.90. The van der Waals surface area contributed by atoms with E-state index in [4.69, 9.17) is 4.98 Å². The maximum absolute atomic E-state index is 4.88. The highest BCUT2D eigenvalue weighted by molar-refractivity contribution is 5.75. The fourth-order valence-corrected chi connectivity index (χ4v) is 4.65. The van der Waals surface area contributed by atoms with Gasteiger partial charge >= 0.3 is 0 Å². The van der Waals surface area contributed by atoms with Crippen LogP contribution in [0.2, 0.25) is 0 Å². The zero-order valence-corrected chi connectivity index (χ0v) is 14.9. The number of hydrogen-bond acceptors (Lipinski definition) is 4. The molecular formula is C20H24N6. The Morgan fingerprint density at radius 3 is 2.88 bits per heavy atom. The Bertz CT molecular complexity index is 935. The predicted molar refractivity (Wildman–Crippen MR) is 98.7 cm³/mol. The molecule has 0 radical (unpaired) electrons. The van der Waals surface area contributed by atoms with Crippen LogP contribution in [0, 0.1) is 11.8 Å². The molecule has 2 N–H and O–H groups in total. The monoisotopic (exact) mass is 348 g/mol. The van der Waals surface area contributed by atoms with Crippen LogP contribution >= 0.6 is 0 Å². The molecule has 26 heavy (non-hydrogen) atoms. The lowest BCUT2D eigenvalue weighted by atomic mass is 9.91. The van der Waals surface area contributed by atoms with E-state index in [-0.39, 0.29) is 0 Å². The highest BCUT2D eigenvalue weighted by Crippen LogP contribution is 2.47. The van der Waals surface area contributed by atoms with Gasteiger partial charge in [-0.1, -0.05) is 6.07 Å². The van der Waals surface area contributed by atoms with Crippen molar-refractivity contribution in [1.29, 1.82) is 0 Å². The van der Waals surface area contributed by atoms with Crippen molar-refractivity contribution in [1.82, 2.24) is 30.0 Å². The lowest BCUT2D eigenvalue weighted by Gasteiger charge is -2.15. The number of benzene rings is 1. The van der Waals surface area contributed by atoms with E-state index in [0.29, 0.717) is 11.8 Å². The fourth-order valence-electron chi connectivity index (χ4n) is 4.65. The molecule has 2 aromatic heterocycles. The number of H-pyrrole nitrogens is 2. The molecule has 1 aliphatic heterocycles. The highest BCUT2D eigenvalue weighted by atomic mass is 15.2. The molecule has 2 atom stereocenters. The number of nitrogens with zero attached hydrogens (tertiary/aromatic N) is 4. The number of fused-ring (bicyclic) bond motifs is 1. The first-order chi connectivity index (χ1) is 12.8. The van der Waals surface area contributed by atoms with Crippen LogP contribution in [0.25, 0.3) is 11.0 Å². The number of aromatic nitrogens is 5. The summed E-state index contributed by atoms with van der Waals surface area (Å²) in [6.45, 7) is 3.26. The predicted octanol–water partition coefficient (Wildman–Crippen LogP) is 3.18. The molecule has 3 fully saturated rings. The van der Waals surface area contributed by atoms with Crippen molar-refractivity contribution in [2.75, 3.05) is 13.1 Å². The van der Waals surface area contributed by atoms with Gasteiger partial charge in [0.05, 0.1) is 17.4 Å². The van der Waals surface area contributed by atoms with Crippen LogP contribution in [-0.2, 0) is 6.54 Å². The van der Waals surface area contributed by atoms with E-state index in [1.807, 2.05) is 0 Å². The molecular weight excluding hydrogens is 324 g/mol. The summed E-state index contributed by atoms with van der Waals surface area (Å²) in [6, 6.07) is 6.56. The Hall–Kier alpha value is -2.21. The molecule has 134 valence electrons. The second-order valence-corrected chi connectivity index (χ2v) is 8.41. The molecule has 1 saturated heterocycles. The summed E-state index contributed by atoms with van der Waals surface area (Å²) in [7, 11) is 0. The van der Waals surface area contributed by atoms with Gasteiger partial charge in [0.15, 0.2) is 5.82 Å². The third-order valence-electron chi connectivity index (χ3n) is 6.37. The van der Waals surface area contributed by atoms with Crippen LogP contribution in [0.15, 0.2) is 24.5 Å². The van der Waals surface area contributed by atoms with Crippen molar-refractivity contribution in [2.24, 2.45) is 11.8 Å². The molecule has 6 rings (SSSR count). The topological polar surface area (TPSA) is 73.5 Å². The molecule has 2 saturated carbocycles. The normalized spacial score (nSPS) is 26.8. The number of hydrogen-bond donors (Lipinski definition) is 2. The molecule has 3 heterocycles. The molecule has 6 heteroatoms. The van der Waals surface area contributed by atoms with Crippen LogP contribution in [0.1, 0.15) is 54.7 Å². The summed E-state index contributed by atoms with van der Waals surface area (Å²) in [5.74, 6) is 4.94. The van der Waals surface area contributed by atoms with Gasteiger partial charge < -0.3 is 4.98 Å². The van der Waals surface area contributed by atoms with Gasteiger partial charge in [0, 0.05) is 31.5 Å². The van der Waals surface area contributed by atoms with Gasteiger partial charge in [-0.2, -0.15) is 5.10 Å². The molecule has 0 amide bonds. The van der Waals surface area contributed by atoms with E-state index in [9.17, 15) is 0 Å². The molecule has 2 aliphatic carbocycles. The molecule has 0 bridgehead atoms. The van der Waals surface area contributed by atoms with Gasteiger partial charge in [0.1, 0.15) is 5.82 Å². The summed E-state index contributed by atoms with van der Waals surface area (Å²) >= 11 is 0.